The molecule has 1 fully saturated rings. The van der Waals surface area contributed by atoms with Gasteiger partial charge in [-0.1, -0.05) is 5.11 Å². The summed E-state index contributed by atoms with van der Waals surface area (Å²) in [5.74, 6) is 0. The van der Waals surface area contributed by atoms with Crippen LogP contribution in [0.25, 0.3) is 10.4 Å². The van der Waals surface area contributed by atoms with E-state index in [4.69, 9.17) is 19.5 Å². The van der Waals surface area contributed by atoms with Crippen LogP contribution in [0, 0.1) is 6.92 Å². The van der Waals surface area contributed by atoms with E-state index in [1.54, 1.807) is 0 Å². The molecule has 14 heteroatoms. The summed E-state index contributed by atoms with van der Waals surface area (Å²) < 4.78 is 30.8. The molecule has 0 aromatic carbocycles. The topological polar surface area (TPSA) is 172 Å². The predicted molar refractivity (Wildman–Crippen MR) is 95.4 cm³/mol. The Morgan fingerprint density at radius 2 is 2.18 bits per heavy atom. The molecule has 3 atom stereocenters. The lowest BCUT2D eigenvalue weighted by atomic mass is 10.3. The highest BCUT2D eigenvalue weighted by Gasteiger charge is 2.35. The van der Waals surface area contributed by atoms with Crippen LogP contribution in [0.5, 0.6) is 0 Å². The first-order valence-corrected chi connectivity index (χ1v) is 9.89. The van der Waals surface area contributed by atoms with Crippen LogP contribution in [0.2, 0.25) is 0 Å². The van der Waals surface area contributed by atoms with E-state index in [0.717, 1.165) is 4.57 Å². The predicted octanol–water partition coefficient (Wildman–Crippen LogP) is 0.386. The number of morpholine rings is 1. The van der Waals surface area contributed by atoms with Gasteiger partial charge in [0.1, 0.15) is 6.10 Å². The van der Waals surface area contributed by atoms with Gasteiger partial charge in [0.15, 0.2) is 6.23 Å². The second-order valence-electron chi connectivity index (χ2n) is 6.13. The molecule has 0 amide bonds. The third-order valence-electron chi connectivity index (χ3n) is 4.27. The van der Waals surface area contributed by atoms with Gasteiger partial charge in [-0.3, -0.25) is 18.9 Å². The van der Waals surface area contributed by atoms with Gasteiger partial charge in [0.05, 0.1) is 19.8 Å². The fraction of sp³-hybridized carbons (Fsp3) is 0.571. The van der Waals surface area contributed by atoms with Crippen molar-refractivity contribution in [3.05, 3.63) is 54.8 Å². The first-order valence-electron chi connectivity index (χ1n) is 8.36. The largest absolute Gasteiger partial charge is 0.405 e. The Kier molecular flexibility index (Phi) is 6.16. The van der Waals surface area contributed by atoms with Gasteiger partial charge in [0.2, 0.25) is 0 Å². The molecule has 0 radical (unpaired) electrons. The summed E-state index contributed by atoms with van der Waals surface area (Å²) >= 11 is 0. The SMILES string of the molecule is Cc1cn(C2C=C(N=[N+]=[N-])C(COP(=O)(O)N3CCOCC3)O2)c(=O)[nH]c1=O. The molecule has 152 valence electrons. The van der Waals surface area contributed by atoms with Gasteiger partial charge in [0, 0.05) is 35.5 Å². The molecule has 1 aromatic heterocycles. The second-order valence-corrected chi connectivity index (χ2v) is 7.93. The van der Waals surface area contributed by atoms with E-state index < -0.39 is 31.3 Å². The molecular weight excluding hydrogens is 395 g/mol. The van der Waals surface area contributed by atoms with Crippen LogP contribution in [0.1, 0.15) is 11.8 Å². The fourth-order valence-electron chi connectivity index (χ4n) is 2.78. The highest BCUT2D eigenvalue weighted by molar-refractivity contribution is 7.50. The van der Waals surface area contributed by atoms with Crippen molar-refractivity contribution in [1.29, 1.82) is 0 Å². The van der Waals surface area contributed by atoms with Crippen molar-refractivity contribution < 1.29 is 23.5 Å². The van der Waals surface area contributed by atoms with E-state index in [0.29, 0.717) is 13.2 Å². The second kappa shape index (κ2) is 8.41. The molecular formula is C14H19N6O7P. The van der Waals surface area contributed by atoms with Crippen LogP contribution in [0.15, 0.2) is 32.7 Å². The van der Waals surface area contributed by atoms with E-state index in [1.165, 1.54) is 23.9 Å². The Bertz CT molecular complexity index is 975. The van der Waals surface area contributed by atoms with Crippen molar-refractivity contribution in [2.45, 2.75) is 19.3 Å². The van der Waals surface area contributed by atoms with Crippen molar-refractivity contribution in [2.24, 2.45) is 5.11 Å². The molecule has 2 aliphatic heterocycles. The molecule has 2 N–H and O–H groups in total. The minimum Gasteiger partial charge on any atom is -0.379 e. The van der Waals surface area contributed by atoms with Gasteiger partial charge in [-0.2, -0.15) is 0 Å². The molecule has 3 unspecified atom stereocenters. The number of nitrogens with one attached hydrogen (secondary N) is 1. The van der Waals surface area contributed by atoms with Crippen LogP contribution < -0.4 is 11.2 Å². The standard InChI is InChI=1S/C14H19N6O7P/c1-9-7-20(14(22)16-13(9)21)12-6-10(17-18-15)11(27-12)8-26-28(23,24)19-2-4-25-5-3-19/h6-7,11-12H,2-5,8H2,1H3,(H,23,24)(H,16,21,22). The maximum Gasteiger partial charge on any atom is 0.405 e. The Balaban J connectivity index is 1.75. The molecule has 0 saturated carbocycles. The van der Waals surface area contributed by atoms with E-state index in [-0.39, 0.29) is 31.0 Å². The average Bonchev–Trinajstić information content (AvgIpc) is 3.07. The summed E-state index contributed by atoms with van der Waals surface area (Å²) in [6.45, 7) is 2.26. The maximum atomic E-state index is 12.4. The molecule has 1 aromatic rings. The molecule has 0 aliphatic carbocycles. The van der Waals surface area contributed by atoms with Gasteiger partial charge < -0.3 is 14.4 Å². The van der Waals surface area contributed by atoms with Gasteiger partial charge in [-0.15, -0.1) is 0 Å². The van der Waals surface area contributed by atoms with Crippen molar-refractivity contribution in [3.8, 4) is 0 Å². The lowest BCUT2D eigenvalue weighted by Crippen LogP contribution is -2.35. The highest BCUT2D eigenvalue weighted by Crippen LogP contribution is 2.47. The lowest BCUT2D eigenvalue weighted by Gasteiger charge is -2.30. The maximum absolute atomic E-state index is 12.4. The summed E-state index contributed by atoms with van der Waals surface area (Å²) in [6, 6.07) is 0. The van der Waals surface area contributed by atoms with E-state index in [1.807, 2.05) is 0 Å². The third-order valence-corrected chi connectivity index (χ3v) is 5.87. The monoisotopic (exact) mass is 414 g/mol. The van der Waals surface area contributed by atoms with Crippen molar-refractivity contribution in [1.82, 2.24) is 14.2 Å². The zero-order chi connectivity index (χ0) is 20.3. The Hall–Kier alpha value is -2.24. The minimum absolute atomic E-state index is 0.102. The van der Waals surface area contributed by atoms with Crippen LogP contribution >= 0.6 is 7.75 Å². The number of hydrogen-bond acceptors (Lipinski definition) is 7. The van der Waals surface area contributed by atoms with Crippen LogP contribution in [-0.2, 0) is 18.6 Å². The number of rotatable bonds is 6. The Morgan fingerprint density at radius 3 is 2.86 bits per heavy atom. The van der Waals surface area contributed by atoms with Crippen LogP contribution in [0.3, 0.4) is 0 Å². The number of azide groups is 1. The fourth-order valence-corrected chi connectivity index (χ4v) is 3.94. The quantitative estimate of drug-likeness (QED) is 0.291. The molecule has 13 nitrogen and oxygen atoms in total. The number of ether oxygens (including phenoxy) is 2. The van der Waals surface area contributed by atoms with E-state index in [2.05, 4.69) is 15.0 Å². The van der Waals surface area contributed by atoms with Gasteiger partial charge in [-0.05, 0) is 18.5 Å². The molecule has 1 saturated heterocycles. The smallest absolute Gasteiger partial charge is 0.379 e. The summed E-state index contributed by atoms with van der Waals surface area (Å²) in [7, 11) is -4.09. The summed E-state index contributed by atoms with van der Waals surface area (Å²) in [4.78, 5) is 38.5. The zero-order valence-corrected chi connectivity index (χ0v) is 15.8. The number of aromatic amines is 1. The van der Waals surface area contributed by atoms with Gasteiger partial charge >= 0.3 is 13.4 Å². The molecule has 0 bridgehead atoms. The van der Waals surface area contributed by atoms with Crippen LogP contribution in [0.4, 0.5) is 0 Å². The molecule has 3 heterocycles. The zero-order valence-electron chi connectivity index (χ0n) is 14.9. The summed E-state index contributed by atoms with van der Waals surface area (Å²) in [5.41, 5.74) is 7.90. The number of aromatic nitrogens is 2. The number of aryl methyl sites for hydroxylation is 1. The van der Waals surface area contributed by atoms with E-state index >= 15 is 0 Å². The van der Waals surface area contributed by atoms with E-state index in [9.17, 15) is 19.0 Å². The molecule has 0 spiro atoms. The first-order chi connectivity index (χ1) is 13.3. The first kappa shape index (κ1) is 20.5. The summed E-state index contributed by atoms with van der Waals surface area (Å²) in [5, 5.41) is 3.51. The van der Waals surface area contributed by atoms with Crippen molar-refractivity contribution >= 4 is 7.75 Å². The van der Waals surface area contributed by atoms with Gasteiger partial charge in [-0.25, -0.2) is 14.0 Å². The van der Waals surface area contributed by atoms with Gasteiger partial charge in [0.25, 0.3) is 5.56 Å². The summed E-state index contributed by atoms with van der Waals surface area (Å²) in [6.07, 6.45) is 0.744. The Labute approximate surface area is 158 Å². The molecule has 3 rings (SSSR count). The van der Waals surface area contributed by atoms with Crippen molar-refractivity contribution in [3.63, 3.8) is 0 Å². The normalized spacial score (nSPS) is 25.0. The highest BCUT2D eigenvalue weighted by atomic mass is 31.2. The average molecular weight is 414 g/mol. The number of nitrogens with zero attached hydrogens (tertiary/aromatic N) is 5. The van der Waals surface area contributed by atoms with Crippen LogP contribution in [-0.4, -0.2) is 58.1 Å². The molecule has 28 heavy (non-hydrogen) atoms. The third kappa shape index (κ3) is 4.42. The number of hydrogen-bond donors (Lipinski definition) is 2. The Morgan fingerprint density at radius 1 is 1.46 bits per heavy atom. The lowest BCUT2D eigenvalue weighted by molar-refractivity contribution is -0.0157. The van der Waals surface area contributed by atoms with Crippen molar-refractivity contribution in [2.75, 3.05) is 32.9 Å². The number of H-pyrrole nitrogens is 1. The minimum atomic E-state index is -4.09. The molecule has 2 aliphatic rings.